The lowest BCUT2D eigenvalue weighted by Gasteiger charge is -1.99. The first-order valence-corrected chi connectivity index (χ1v) is 3.06. The molecule has 0 saturated carbocycles. The minimum atomic E-state index is 0.764. The van der Waals surface area contributed by atoms with Crippen molar-refractivity contribution in [3.8, 4) is 0 Å². The number of hydrogen-bond acceptors (Lipinski definition) is 1. The average Bonchev–Trinajstić information content (AvgIpc) is 1.61. The normalized spacial score (nSPS) is 10.3. The SMILES string of the molecule is CC(C)CCOP. The van der Waals surface area contributed by atoms with Gasteiger partial charge in [0, 0.05) is 9.47 Å². The summed E-state index contributed by atoms with van der Waals surface area (Å²) in [6.07, 6.45) is 1.16. The molecule has 0 aromatic heterocycles. The van der Waals surface area contributed by atoms with Crippen molar-refractivity contribution in [3.63, 3.8) is 0 Å². The summed E-state index contributed by atoms with van der Waals surface area (Å²) >= 11 is 0. The maximum absolute atomic E-state index is 4.77. The van der Waals surface area contributed by atoms with Gasteiger partial charge in [0.2, 0.25) is 0 Å². The van der Waals surface area contributed by atoms with Gasteiger partial charge in [0.25, 0.3) is 0 Å². The Bertz CT molecular complexity index is 37.1. The Morgan fingerprint density at radius 1 is 1.57 bits per heavy atom. The topological polar surface area (TPSA) is 9.23 Å². The molecule has 0 bridgehead atoms. The van der Waals surface area contributed by atoms with Crippen LogP contribution in [-0.4, -0.2) is 6.61 Å². The average molecular weight is 120 g/mol. The summed E-state index contributed by atoms with van der Waals surface area (Å²) in [4.78, 5) is 0. The van der Waals surface area contributed by atoms with E-state index in [9.17, 15) is 0 Å². The Balaban J connectivity index is 2.68. The van der Waals surface area contributed by atoms with E-state index in [0.29, 0.717) is 0 Å². The largest absolute Gasteiger partial charge is 0.366 e. The number of hydrogen-bond donors (Lipinski definition) is 0. The van der Waals surface area contributed by atoms with Crippen LogP contribution in [0.4, 0.5) is 0 Å². The maximum Gasteiger partial charge on any atom is 0.0504 e. The van der Waals surface area contributed by atoms with Gasteiger partial charge in [-0.2, -0.15) is 0 Å². The van der Waals surface area contributed by atoms with Crippen molar-refractivity contribution in [1.82, 2.24) is 0 Å². The van der Waals surface area contributed by atoms with Crippen molar-refractivity contribution in [2.24, 2.45) is 5.92 Å². The van der Waals surface area contributed by atoms with Gasteiger partial charge in [0.05, 0.1) is 6.61 Å². The van der Waals surface area contributed by atoms with Crippen molar-refractivity contribution in [2.75, 3.05) is 6.61 Å². The molecule has 1 unspecified atom stereocenters. The van der Waals surface area contributed by atoms with E-state index in [2.05, 4.69) is 23.3 Å². The first-order chi connectivity index (χ1) is 3.27. The molecule has 44 valence electrons. The molecule has 0 aliphatic carbocycles. The summed E-state index contributed by atoms with van der Waals surface area (Å²) in [5.41, 5.74) is 0. The van der Waals surface area contributed by atoms with E-state index in [1.807, 2.05) is 0 Å². The van der Waals surface area contributed by atoms with Gasteiger partial charge < -0.3 is 4.52 Å². The van der Waals surface area contributed by atoms with Gasteiger partial charge in [-0.05, 0) is 12.3 Å². The van der Waals surface area contributed by atoms with Gasteiger partial charge in [-0.25, -0.2) is 0 Å². The molecule has 0 heterocycles. The molecular weight excluding hydrogens is 107 g/mol. The van der Waals surface area contributed by atoms with Crippen LogP contribution in [0.25, 0.3) is 0 Å². The predicted molar refractivity (Wildman–Crippen MR) is 35.1 cm³/mol. The maximum atomic E-state index is 4.77. The second-order valence-corrected chi connectivity index (χ2v) is 2.39. The minimum Gasteiger partial charge on any atom is -0.366 e. The van der Waals surface area contributed by atoms with Crippen LogP contribution in [0.5, 0.6) is 0 Å². The van der Waals surface area contributed by atoms with Crippen molar-refractivity contribution in [1.29, 1.82) is 0 Å². The quantitative estimate of drug-likeness (QED) is 0.516. The highest BCUT2D eigenvalue weighted by atomic mass is 31.0. The Hall–Kier alpha value is 0.390. The molecule has 0 radical (unpaired) electrons. The lowest BCUT2D eigenvalue weighted by molar-refractivity contribution is 0.333. The Morgan fingerprint density at radius 3 is 2.29 bits per heavy atom. The second-order valence-electron chi connectivity index (χ2n) is 2.05. The highest BCUT2D eigenvalue weighted by Gasteiger charge is 1.89. The van der Waals surface area contributed by atoms with Crippen LogP contribution in [0, 0.1) is 5.92 Å². The van der Waals surface area contributed by atoms with Gasteiger partial charge in [-0.15, -0.1) is 0 Å². The minimum absolute atomic E-state index is 0.764. The lowest BCUT2D eigenvalue weighted by Crippen LogP contribution is -1.91. The Kier molecular flexibility index (Phi) is 4.80. The van der Waals surface area contributed by atoms with Gasteiger partial charge >= 0.3 is 0 Å². The second kappa shape index (κ2) is 4.55. The summed E-state index contributed by atoms with van der Waals surface area (Å²) < 4.78 is 4.77. The summed E-state index contributed by atoms with van der Waals surface area (Å²) in [5, 5.41) is 0. The van der Waals surface area contributed by atoms with Crippen LogP contribution in [0.2, 0.25) is 0 Å². The number of rotatable bonds is 3. The van der Waals surface area contributed by atoms with Crippen molar-refractivity contribution < 1.29 is 4.52 Å². The van der Waals surface area contributed by atoms with Crippen molar-refractivity contribution in [2.45, 2.75) is 20.3 Å². The molecule has 0 spiro atoms. The predicted octanol–water partition coefficient (Wildman–Crippen LogP) is 1.84. The third-order valence-corrected chi connectivity index (χ3v) is 1.05. The first kappa shape index (κ1) is 7.39. The molecule has 0 N–H and O–H groups in total. The van der Waals surface area contributed by atoms with Gasteiger partial charge in [0.15, 0.2) is 0 Å². The molecule has 7 heavy (non-hydrogen) atoms. The highest BCUT2D eigenvalue weighted by molar-refractivity contribution is 7.09. The molecule has 0 aliphatic heterocycles. The fourth-order valence-corrected chi connectivity index (χ4v) is 0.440. The van der Waals surface area contributed by atoms with E-state index < -0.39 is 0 Å². The van der Waals surface area contributed by atoms with Crippen molar-refractivity contribution in [3.05, 3.63) is 0 Å². The third kappa shape index (κ3) is 6.39. The first-order valence-electron chi connectivity index (χ1n) is 2.59. The molecule has 0 amide bonds. The van der Waals surface area contributed by atoms with Crippen molar-refractivity contribution >= 4 is 9.47 Å². The van der Waals surface area contributed by atoms with E-state index in [0.717, 1.165) is 18.9 Å². The Morgan fingerprint density at radius 2 is 2.14 bits per heavy atom. The molecule has 0 rings (SSSR count). The Labute approximate surface area is 47.7 Å². The molecule has 0 fully saturated rings. The third-order valence-electron chi connectivity index (χ3n) is 0.813. The standard InChI is InChI=1S/C5H13OP/c1-5(2)3-4-6-7/h5H,3-4,7H2,1-2H3. The van der Waals surface area contributed by atoms with Crippen LogP contribution >= 0.6 is 9.47 Å². The van der Waals surface area contributed by atoms with Crippen LogP contribution in [0.3, 0.4) is 0 Å². The molecule has 0 aliphatic rings. The fourth-order valence-electron chi connectivity index (χ4n) is 0.304. The molecule has 1 nitrogen and oxygen atoms in total. The zero-order valence-electron chi connectivity index (χ0n) is 4.98. The zero-order valence-corrected chi connectivity index (χ0v) is 6.13. The fraction of sp³-hybridized carbons (Fsp3) is 1.00. The van der Waals surface area contributed by atoms with Crippen LogP contribution in [0.1, 0.15) is 20.3 Å². The molecular formula is C5H13OP. The summed E-state index contributed by atoms with van der Waals surface area (Å²) in [7, 11) is 2.24. The monoisotopic (exact) mass is 120 g/mol. The summed E-state index contributed by atoms with van der Waals surface area (Å²) in [5.74, 6) is 0.764. The van der Waals surface area contributed by atoms with Gasteiger partial charge in [-0.3, -0.25) is 0 Å². The molecule has 1 atom stereocenters. The van der Waals surface area contributed by atoms with E-state index in [1.165, 1.54) is 0 Å². The molecule has 2 heteroatoms. The zero-order chi connectivity index (χ0) is 5.70. The van der Waals surface area contributed by atoms with Crippen LogP contribution < -0.4 is 0 Å². The molecule has 0 aromatic rings. The van der Waals surface area contributed by atoms with Gasteiger partial charge in [-0.1, -0.05) is 13.8 Å². The smallest absolute Gasteiger partial charge is 0.0504 e. The molecule has 0 saturated heterocycles. The van der Waals surface area contributed by atoms with Crippen LogP contribution in [0.15, 0.2) is 0 Å². The van der Waals surface area contributed by atoms with E-state index in [4.69, 9.17) is 4.52 Å². The van der Waals surface area contributed by atoms with E-state index >= 15 is 0 Å². The van der Waals surface area contributed by atoms with E-state index in [1.54, 1.807) is 0 Å². The van der Waals surface area contributed by atoms with Crippen LogP contribution in [-0.2, 0) is 4.52 Å². The van der Waals surface area contributed by atoms with E-state index in [-0.39, 0.29) is 0 Å². The summed E-state index contributed by atoms with van der Waals surface area (Å²) in [6, 6.07) is 0. The van der Waals surface area contributed by atoms with Gasteiger partial charge in [0.1, 0.15) is 0 Å². The lowest BCUT2D eigenvalue weighted by atomic mass is 10.2. The summed E-state index contributed by atoms with van der Waals surface area (Å²) in [6.45, 7) is 5.23. The molecule has 0 aromatic carbocycles. The highest BCUT2D eigenvalue weighted by Crippen LogP contribution is 1.99.